The smallest absolute Gasteiger partial charge is 0.186 e. The molecular weight excluding hydrogens is 326 g/mol. The highest BCUT2D eigenvalue weighted by Crippen LogP contribution is 2.32. The van der Waals surface area contributed by atoms with Gasteiger partial charge in [-0.25, -0.2) is 13.4 Å². The average molecular weight is 350 g/mol. The zero-order valence-electron chi connectivity index (χ0n) is 12.5. The van der Waals surface area contributed by atoms with Gasteiger partial charge in [0.05, 0.1) is 5.69 Å². The fourth-order valence-corrected chi connectivity index (χ4v) is 6.47. The minimum absolute atomic E-state index is 0.172. The Bertz CT molecular complexity index is 571. The van der Waals surface area contributed by atoms with Crippen LogP contribution in [0.3, 0.4) is 0 Å². The molecule has 0 aromatic carbocycles. The van der Waals surface area contributed by atoms with Crippen LogP contribution < -0.4 is 10.6 Å². The molecule has 5 nitrogen and oxygen atoms in total. The van der Waals surface area contributed by atoms with Gasteiger partial charge in [-0.1, -0.05) is 20.3 Å². The summed E-state index contributed by atoms with van der Waals surface area (Å²) >= 11 is 3.25. The van der Waals surface area contributed by atoms with Gasteiger partial charge in [-0.3, -0.25) is 0 Å². The second kappa shape index (κ2) is 7.30. The molecule has 1 atom stereocenters. The molecule has 2 heterocycles. The van der Waals surface area contributed by atoms with Gasteiger partial charge in [0.2, 0.25) is 0 Å². The van der Waals surface area contributed by atoms with Crippen molar-refractivity contribution in [2.75, 3.05) is 28.7 Å². The molecule has 120 valence electrons. The first kappa shape index (κ1) is 17.1. The Kier molecular flexibility index (Phi) is 5.93. The molecule has 1 aliphatic heterocycles. The molecule has 21 heavy (non-hydrogen) atoms. The van der Waals surface area contributed by atoms with Crippen LogP contribution in [0.15, 0.2) is 0 Å². The van der Waals surface area contributed by atoms with Crippen LogP contribution >= 0.6 is 23.1 Å². The molecule has 0 spiro atoms. The third kappa shape index (κ3) is 3.72. The summed E-state index contributed by atoms with van der Waals surface area (Å²) in [7, 11) is -3.10. The van der Waals surface area contributed by atoms with Gasteiger partial charge in [0, 0.05) is 35.2 Å². The molecule has 0 bridgehead atoms. The van der Waals surface area contributed by atoms with Crippen molar-refractivity contribution in [2.24, 2.45) is 5.73 Å². The number of aryl methyl sites for hydroxylation is 1. The highest BCUT2D eigenvalue weighted by atomic mass is 32.2. The molecule has 8 heteroatoms. The Balaban J connectivity index is 2.33. The summed E-state index contributed by atoms with van der Waals surface area (Å²) < 4.78 is 24.6. The summed E-state index contributed by atoms with van der Waals surface area (Å²) in [5.41, 5.74) is 6.83. The van der Waals surface area contributed by atoms with Crippen molar-refractivity contribution >= 4 is 38.1 Å². The number of hydrogen-bond acceptors (Lipinski definition) is 7. The van der Waals surface area contributed by atoms with Gasteiger partial charge in [-0.15, -0.1) is 11.3 Å². The number of hydrogen-bond donors (Lipinski definition) is 1. The first-order chi connectivity index (χ1) is 10.0. The second-order valence-electron chi connectivity index (χ2n) is 4.99. The molecule has 0 aliphatic carbocycles. The molecule has 1 aromatic heterocycles. The normalized spacial score (nSPS) is 20.0. The van der Waals surface area contributed by atoms with Crippen LogP contribution in [0.1, 0.15) is 30.8 Å². The van der Waals surface area contributed by atoms with E-state index in [2.05, 4.69) is 11.9 Å². The van der Waals surface area contributed by atoms with Crippen molar-refractivity contribution in [1.29, 1.82) is 0 Å². The summed E-state index contributed by atoms with van der Waals surface area (Å²) in [6, 6.07) is 0. The lowest BCUT2D eigenvalue weighted by atomic mass is 10.2. The monoisotopic (exact) mass is 349 g/mol. The third-order valence-electron chi connectivity index (χ3n) is 3.59. The predicted octanol–water partition coefficient (Wildman–Crippen LogP) is 1.87. The largest absolute Gasteiger partial charge is 0.329 e. The minimum Gasteiger partial charge on any atom is -0.329 e. The van der Waals surface area contributed by atoms with E-state index in [1.807, 2.05) is 4.90 Å². The highest BCUT2D eigenvalue weighted by molar-refractivity contribution is 8.01. The van der Waals surface area contributed by atoms with E-state index in [1.165, 1.54) is 0 Å². The average Bonchev–Trinajstić information content (AvgIpc) is 2.90. The Labute approximate surface area is 135 Å². The third-order valence-corrected chi connectivity index (χ3v) is 8.03. The topological polar surface area (TPSA) is 76.3 Å². The molecule has 1 fully saturated rings. The van der Waals surface area contributed by atoms with Crippen molar-refractivity contribution in [3.63, 3.8) is 0 Å². The molecule has 0 radical (unpaired) electrons. The Hall–Kier alpha value is -0.310. The van der Waals surface area contributed by atoms with Crippen LogP contribution in [0, 0.1) is 0 Å². The molecule has 0 amide bonds. The molecule has 1 saturated heterocycles. The van der Waals surface area contributed by atoms with Gasteiger partial charge in [-0.05, 0) is 6.42 Å². The van der Waals surface area contributed by atoms with Crippen LogP contribution in [0.25, 0.3) is 0 Å². The van der Waals surface area contributed by atoms with Gasteiger partial charge < -0.3 is 10.6 Å². The van der Waals surface area contributed by atoms with Crippen LogP contribution in [-0.2, 0) is 22.8 Å². The van der Waals surface area contributed by atoms with Crippen molar-refractivity contribution in [1.82, 2.24) is 4.98 Å². The van der Waals surface area contributed by atoms with E-state index in [1.54, 1.807) is 30.0 Å². The summed E-state index contributed by atoms with van der Waals surface area (Å²) in [4.78, 5) is 7.74. The standard InChI is InChI=1S/C13H23N3O2S3/c1-3-5-10-11(8-14)20-13(15-10)16-6-7-19-9-12(16)21(17,18)4-2/h12H,3-9,14H2,1-2H3. The summed E-state index contributed by atoms with van der Waals surface area (Å²) in [5.74, 6) is 1.73. The molecular formula is C13H23N3O2S3. The number of sulfone groups is 1. The molecule has 2 N–H and O–H groups in total. The first-order valence-corrected chi connectivity index (χ1v) is 11.0. The predicted molar refractivity (Wildman–Crippen MR) is 91.9 cm³/mol. The number of rotatable bonds is 6. The zero-order chi connectivity index (χ0) is 15.5. The van der Waals surface area contributed by atoms with Crippen LogP contribution in [0.5, 0.6) is 0 Å². The first-order valence-electron chi connectivity index (χ1n) is 7.28. The van der Waals surface area contributed by atoms with E-state index in [4.69, 9.17) is 5.73 Å². The van der Waals surface area contributed by atoms with Gasteiger partial charge in [0.1, 0.15) is 5.37 Å². The molecule has 0 saturated carbocycles. The van der Waals surface area contributed by atoms with E-state index < -0.39 is 15.2 Å². The van der Waals surface area contributed by atoms with E-state index in [0.717, 1.165) is 40.8 Å². The van der Waals surface area contributed by atoms with Gasteiger partial charge >= 0.3 is 0 Å². The molecule has 1 aliphatic rings. The lowest BCUT2D eigenvalue weighted by Crippen LogP contribution is -2.48. The lowest BCUT2D eigenvalue weighted by Gasteiger charge is -2.34. The number of thioether (sulfide) groups is 1. The van der Waals surface area contributed by atoms with Gasteiger partial charge in [0.25, 0.3) is 0 Å². The van der Waals surface area contributed by atoms with E-state index in [9.17, 15) is 8.42 Å². The summed E-state index contributed by atoms with van der Waals surface area (Å²) in [5, 5.41) is 0.369. The second-order valence-corrected chi connectivity index (χ2v) is 9.65. The maximum atomic E-state index is 12.3. The zero-order valence-corrected chi connectivity index (χ0v) is 15.0. The van der Waals surface area contributed by atoms with Crippen LogP contribution in [-0.4, -0.2) is 42.6 Å². The summed E-state index contributed by atoms with van der Waals surface area (Å²) in [6.07, 6.45) is 1.92. The molecule has 1 unspecified atom stereocenters. The van der Waals surface area contributed by atoms with E-state index in [-0.39, 0.29) is 5.75 Å². The van der Waals surface area contributed by atoms with Crippen molar-refractivity contribution < 1.29 is 8.42 Å². The number of aromatic nitrogens is 1. The van der Waals surface area contributed by atoms with Crippen LogP contribution in [0.2, 0.25) is 0 Å². The Morgan fingerprint density at radius 2 is 2.19 bits per heavy atom. The number of nitrogens with zero attached hydrogens (tertiary/aromatic N) is 2. The fraction of sp³-hybridized carbons (Fsp3) is 0.769. The van der Waals surface area contributed by atoms with Crippen molar-refractivity contribution in [3.8, 4) is 0 Å². The molecule has 2 rings (SSSR count). The van der Waals surface area contributed by atoms with Gasteiger partial charge in [0.15, 0.2) is 15.0 Å². The number of nitrogens with two attached hydrogens (primary N) is 1. The lowest BCUT2D eigenvalue weighted by molar-refractivity contribution is 0.579. The van der Waals surface area contributed by atoms with Gasteiger partial charge in [-0.2, -0.15) is 11.8 Å². The summed E-state index contributed by atoms with van der Waals surface area (Å²) in [6.45, 7) is 5.03. The maximum absolute atomic E-state index is 12.3. The molecule has 1 aromatic rings. The fourth-order valence-electron chi connectivity index (χ4n) is 2.37. The SMILES string of the molecule is CCCc1nc(N2CCSCC2S(=O)(=O)CC)sc1CN. The number of anilines is 1. The van der Waals surface area contributed by atoms with E-state index >= 15 is 0 Å². The highest BCUT2D eigenvalue weighted by Gasteiger charge is 2.34. The number of thiazole rings is 1. The maximum Gasteiger partial charge on any atom is 0.186 e. The van der Waals surface area contributed by atoms with Crippen LogP contribution in [0.4, 0.5) is 5.13 Å². The minimum atomic E-state index is -3.10. The quantitative estimate of drug-likeness (QED) is 0.845. The van der Waals surface area contributed by atoms with Crippen molar-refractivity contribution in [3.05, 3.63) is 10.6 Å². The Morgan fingerprint density at radius 3 is 2.81 bits per heavy atom. The van der Waals surface area contributed by atoms with E-state index in [0.29, 0.717) is 12.3 Å². The Morgan fingerprint density at radius 1 is 1.43 bits per heavy atom. The van der Waals surface area contributed by atoms with Crippen molar-refractivity contribution in [2.45, 2.75) is 38.6 Å².